The Bertz CT molecular complexity index is 840. The summed E-state index contributed by atoms with van der Waals surface area (Å²) in [6.45, 7) is 0.377. The third-order valence-electron chi connectivity index (χ3n) is 3.48. The molecule has 0 amide bonds. The summed E-state index contributed by atoms with van der Waals surface area (Å²) in [4.78, 5) is 3.59. The number of alkyl halides is 3. The summed E-state index contributed by atoms with van der Waals surface area (Å²) in [5, 5.41) is 7.06. The molecule has 3 rings (SSSR count). The van der Waals surface area contributed by atoms with Crippen LogP contribution in [0.25, 0.3) is 11.1 Å². The summed E-state index contributed by atoms with van der Waals surface area (Å²) in [5.41, 5.74) is 2.02. The third kappa shape index (κ3) is 3.73. The summed E-state index contributed by atoms with van der Waals surface area (Å²) in [7, 11) is 1.84. The first-order valence-electron chi connectivity index (χ1n) is 7.28. The van der Waals surface area contributed by atoms with Gasteiger partial charge in [0.2, 0.25) is 0 Å². The Balaban J connectivity index is 1.73. The minimum absolute atomic E-state index is 0.191. The Kier molecular flexibility index (Phi) is 4.24. The maximum Gasteiger partial charge on any atom is 0.433 e. The highest BCUT2D eigenvalue weighted by molar-refractivity contribution is 5.62. The van der Waals surface area contributed by atoms with E-state index in [0.29, 0.717) is 6.54 Å². The molecule has 4 nitrogen and oxygen atoms in total. The quantitative estimate of drug-likeness (QED) is 0.782. The van der Waals surface area contributed by atoms with Crippen LogP contribution in [0.2, 0.25) is 0 Å². The van der Waals surface area contributed by atoms with Crippen LogP contribution in [0.5, 0.6) is 0 Å². The Morgan fingerprint density at radius 3 is 2.58 bits per heavy atom. The van der Waals surface area contributed by atoms with Crippen LogP contribution in [-0.4, -0.2) is 14.8 Å². The first-order chi connectivity index (χ1) is 11.4. The van der Waals surface area contributed by atoms with E-state index < -0.39 is 11.9 Å². The fraction of sp³-hybridized carbons (Fsp3) is 0.176. The monoisotopic (exact) mass is 332 g/mol. The average molecular weight is 332 g/mol. The Labute approximate surface area is 137 Å². The van der Waals surface area contributed by atoms with Crippen LogP contribution in [0.3, 0.4) is 0 Å². The van der Waals surface area contributed by atoms with Crippen LogP contribution in [-0.2, 0) is 19.8 Å². The molecule has 2 heterocycles. The molecule has 0 fully saturated rings. The zero-order chi connectivity index (χ0) is 17.2. The lowest BCUT2D eigenvalue weighted by Gasteiger charge is -2.10. The van der Waals surface area contributed by atoms with Crippen LogP contribution in [0.15, 0.2) is 54.9 Å². The number of nitrogens with zero attached hydrogens (tertiary/aromatic N) is 3. The van der Waals surface area contributed by atoms with Gasteiger partial charge in [0.05, 0.1) is 6.20 Å². The number of pyridine rings is 1. The molecule has 0 aliphatic heterocycles. The minimum atomic E-state index is -4.45. The van der Waals surface area contributed by atoms with Crippen molar-refractivity contribution in [3.63, 3.8) is 0 Å². The molecule has 2 aromatic heterocycles. The molecule has 0 saturated carbocycles. The van der Waals surface area contributed by atoms with Gasteiger partial charge in [-0.25, -0.2) is 4.98 Å². The summed E-state index contributed by atoms with van der Waals surface area (Å²) in [6.07, 6.45) is -0.778. The van der Waals surface area contributed by atoms with E-state index >= 15 is 0 Å². The first kappa shape index (κ1) is 16.0. The van der Waals surface area contributed by atoms with E-state index in [1.54, 1.807) is 10.9 Å². The van der Waals surface area contributed by atoms with Crippen molar-refractivity contribution < 1.29 is 13.2 Å². The number of aryl methyl sites for hydroxylation is 1. The summed E-state index contributed by atoms with van der Waals surface area (Å²) < 4.78 is 39.7. The van der Waals surface area contributed by atoms with Gasteiger partial charge in [-0.1, -0.05) is 24.3 Å². The van der Waals surface area contributed by atoms with E-state index in [-0.39, 0.29) is 5.82 Å². The van der Waals surface area contributed by atoms with Crippen LogP contribution in [0, 0.1) is 0 Å². The molecule has 0 aliphatic carbocycles. The number of hydrogen-bond acceptors (Lipinski definition) is 3. The first-order valence-corrected chi connectivity index (χ1v) is 7.28. The zero-order valence-electron chi connectivity index (χ0n) is 12.9. The Morgan fingerprint density at radius 2 is 1.88 bits per heavy atom. The topological polar surface area (TPSA) is 42.7 Å². The second kappa shape index (κ2) is 6.35. The van der Waals surface area contributed by atoms with Crippen molar-refractivity contribution in [3.8, 4) is 11.1 Å². The van der Waals surface area contributed by atoms with Gasteiger partial charge in [-0.3, -0.25) is 4.68 Å². The molecule has 0 aliphatic rings. The average Bonchev–Trinajstić information content (AvgIpc) is 2.99. The molecule has 3 aromatic rings. The molecular formula is C17H15F3N4. The lowest BCUT2D eigenvalue weighted by atomic mass is 10.1. The number of aromatic nitrogens is 3. The van der Waals surface area contributed by atoms with Crippen molar-refractivity contribution in [1.29, 1.82) is 0 Å². The van der Waals surface area contributed by atoms with E-state index in [1.165, 1.54) is 12.1 Å². The van der Waals surface area contributed by atoms with Gasteiger partial charge in [0.25, 0.3) is 0 Å². The van der Waals surface area contributed by atoms with Crippen molar-refractivity contribution in [1.82, 2.24) is 14.8 Å². The summed E-state index contributed by atoms with van der Waals surface area (Å²) in [6, 6.07) is 11.5. The Hall–Kier alpha value is -2.83. The smallest absolute Gasteiger partial charge is 0.366 e. The van der Waals surface area contributed by atoms with Gasteiger partial charge >= 0.3 is 6.18 Å². The number of hydrogen-bond donors (Lipinski definition) is 1. The van der Waals surface area contributed by atoms with Crippen LogP contribution in [0.4, 0.5) is 19.0 Å². The van der Waals surface area contributed by atoms with Crippen LogP contribution < -0.4 is 5.32 Å². The molecule has 7 heteroatoms. The fourth-order valence-electron chi connectivity index (χ4n) is 2.31. The van der Waals surface area contributed by atoms with Crippen molar-refractivity contribution in [3.05, 3.63) is 66.1 Å². The number of rotatable bonds is 4. The molecule has 24 heavy (non-hydrogen) atoms. The van der Waals surface area contributed by atoms with Crippen LogP contribution in [0.1, 0.15) is 11.3 Å². The zero-order valence-corrected chi connectivity index (χ0v) is 12.9. The fourth-order valence-corrected chi connectivity index (χ4v) is 2.31. The van der Waals surface area contributed by atoms with E-state index in [1.807, 2.05) is 37.5 Å². The number of halogens is 3. The third-order valence-corrected chi connectivity index (χ3v) is 3.48. The van der Waals surface area contributed by atoms with Gasteiger partial charge in [0, 0.05) is 25.4 Å². The van der Waals surface area contributed by atoms with Gasteiger partial charge < -0.3 is 5.32 Å². The van der Waals surface area contributed by atoms with Crippen molar-refractivity contribution in [2.45, 2.75) is 12.7 Å². The number of anilines is 1. The van der Waals surface area contributed by atoms with Gasteiger partial charge in [0.1, 0.15) is 11.5 Å². The molecule has 124 valence electrons. The summed E-state index contributed by atoms with van der Waals surface area (Å²) >= 11 is 0. The van der Waals surface area contributed by atoms with Gasteiger partial charge in [-0.15, -0.1) is 0 Å². The highest BCUT2D eigenvalue weighted by Crippen LogP contribution is 2.28. The molecule has 0 unspecified atom stereocenters. The number of nitrogens with one attached hydrogen (secondary N) is 1. The lowest BCUT2D eigenvalue weighted by Crippen LogP contribution is -2.10. The number of benzene rings is 1. The lowest BCUT2D eigenvalue weighted by molar-refractivity contribution is -0.141. The molecule has 0 atom stereocenters. The minimum Gasteiger partial charge on any atom is -0.366 e. The highest BCUT2D eigenvalue weighted by atomic mass is 19.4. The maximum atomic E-state index is 12.7. The SMILES string of the molecule is Cn1cc(-c2cccc(CNc3cccc(C(F)(F)F)n3)c2)cn1. The molecule has 0 spiro atoms. The summed E-state index contributed by atoms with van der Waals surface area (Å²) in [5.74, 6) is 0.191. The molecule has 0 saturated heterocycles. The van der Waals surface area contributed by atoms with E-state index in [0.717, 1.165) is 22.8 Å². The van der Waals surface area contributed by atoms with Gasteiger partial charge in [-0.05, 0) is 29.3 Å². The van der Waals surface area contributed by atoms with Gasteiger partial charge in [0.15, 0.2) is 0 Å². The second-order valence-electron chi connectivity index (χ2n) is 5.36. The largest absolute Gasteiger partial charge is 0.433 e. The van der Waals surface area contributed by atoms with Gasteiger partial charge in [-0.2, -0.15) is 18.3 Å². The van der Waals surface area contributed by atoms with E-state index in [4.69, 9.17) is 0 Å². The molecular weight excluding hydrogens is 317 g/mol. The normalized spacial score (nSPS) is 11.5. The van der Waals surface area contributed by atoms with E-state index in [2.05, 4.69) is 15.4 Å². The van der Waals surface area contributed by atoms with Crippen LogP contribution >= 0.6 is 0 Å². The van der Waals surface area contributed by atoms with Crippen molar-refractivity contribution in [2.75, 3.05) is 5.32 Å². The molecule has 0 bridgehead atoms. The van der Waals surface area contributed by atoms with E-state index in [9.17, 15) is 13.2 Å². The van der Waals surface area contributed by atoms with Crippen molar-refractivity contribution in [2.24, 2.45) is 7.05 Å². The predicted octanol–water partition coefficient (Wildman–Crippen LogP) is 4.11. The second-order valence-corrected chi connectivity index (χ2v) is 5.36. The van der Waals surface area contributed by atoms with Crippen molar-refractivity contribution >= 4 is 5.82 Å². The molecule has 1 N–H and O–H groups in total. The molecule has 1 aromatic carbocycles. The maximum absolute atomic E-state index is 12.7. The highest BCUT2D eigenvalue weighted by Gasteiger charge is 2.32. The standard InChI is InChI=1S/C17H15F3N4/c1-24-11-14(10-22-24)13-5-2-4-12(8-13)9-21-16-7-3-6-15(23-16)17(18,19)20/h2-8,10-11H,9H2,1H3,(H,21,23). The Morgan fingerprint density at radius 1 is 1.08 bits per heavy atom. The predicted molar refractivity (Wildman–Crippen MR) is 85.2 cm³/mol. The molecule has 0 radical (unpaired) electrons.